The Labute approximate surface area is 190 Å². The molecular weight excluding hydrogens is 398 g/mol. The van der Waals surface area contributed by atoms with Crippen molar-refractivity contribution in [1.82, 2.24) is 0 Å². The van der Waals surface area contributed by atoms with Crippen molar-refractivity contribution >= 4 is 12.2 Å². The predicted molar refractivity (Wildman–Crippen MR) is 125 cm³/mol. The fraction of sp³-hybridized carbons (Fsp3) is 0.500. The molecule has 1 heterocycles. The summed E-state index contributed by atoms with van der Waals surface area (Å²) in [6.45, 7) is 3.34. The van der Waals surface area contributed by atoms with Crippen molar-refractivity contribution in [1.29, 1.82) is 0 Å². The minimum atomic E-state index is 0.208. The van der Waals surface area contributed by atoms with Gasteiger partial charge in [-0.1, -0.05) is 25.1 Å². The van der Waals surface area contributed by atoms with E-state index < -0.39 is 0 Å². The van der Waals surface area contributed by atoms with Crippen molar-refractivity contribution in [3.8, 4) is 5.75 Å². The molecule has 3 aliphatic carbocycles. The molecule has 2 aromatic carbocycles. The zero-order valence-electron chi connectivity index (χ0n) is 18.9. The molecule has 6 rings (SSSR count). The summed E-state index contributed by atoms with van der Waals surface area (Å²) >= 11 is 0. The molecule has 6 atom stereocenters. The average Bonchev–Trinajstić information content (AvgIpc) is 3.15. The van der Waals surface area contributed by atoms with Crippen LogP contribution in [-0.2, 0) is 11.2 Å². The maximum atomic E-state index is 11.0. The first-order valence-corrected chi connectivity index (χ1v) is 12.0. The lowest BCUT2D eigenvalue weighted by Gasteiger charge is -2.50. The first-order valence-electron chi connectivity index (χ1n) is 12.0. The number of nitrogens with zero attached hydrogens (tertiary/aromatic N) is 1. The second-order valence-corrected chi connectivity index (χ2v) is 10.4. The van der Waals surface area contributed by atoms with Crippen LogP contribution in [0, 0.1) is 23.2 Å². The standard InChI is InChI=1S/C28H31NO3/c1-28-12-11-23-22-10-8-21(31-2)13-19(22)7-9-24(23)25(28)14-20-15-29-27(32-26(20)28)18-5-3-17(16-30)4-6-18/h3-6,8,10,13,16,20,23-26H,7,9,11-12,14-15H2,1-2H3/t20-,23-,24-,25+,26+,28+/m1/s1. The number of hydrogen-bond donors (Lipinski definition) is 0. The predicted octanol–water partition coefficient (Wildman–Crippen LogP) is 5.44. The number of aryl methyl sites for hydroxylation is 1. The van der Waals surface area contributed by atoms with Gasteiger partial charge in [0, 0.05) is 29.0 Å². The lowest BCUT2D eigenvalue weighted by Crippen LogP contribution is -2.47. The Morgan fingerprint density at radius 1 is 1.16 bits per heavy atom. The van der Waals surface area contributed by atoms with Crippen LogP contribution in [0.4, 0.5) is 0 Å². The largest absolute Gasteiger partial charge is 0.497 e. The van der Waals surface area contributed by atoms with Gasteiger partial charge in [-0.2, -0.15) is 0 Å². The molecule has 0 radical (unpaired) electrons. The summed E-state index contributed by atoms with van der Waals surface area (Å²) in [7, 11) is 1.76. The highest BCUT2D eigenvalue weighted by Crippen LogP contribution is 2.63. The Bertz CT molecular complexity index is 1070. The molecular formula is C28H31NO3. The number of fused-ring (bicyclic) bond motifs is 7. The van der Waals surface area contributed by atoms with Crippen LogP contribution in [0.25, 0.3) is 0 Å². The van der Waals surface area contributed by atoms with E-state index in [1.807, 2.05) is 24.3 Å². The van der Waals surface area contributed by atoms with Crippen molar-refractivity contribution in [3.05, 3.63) is 64.7 Å². The van der Waals surface area contributed by atoms with Gasteiger partial charge in [-0.05, 0) is 85.3 Å². The summed E-state index contributed by atoms with van der Waals surface area (Å²) < 4.78 is 12.1. The second kappa shape index (κ2) is 7.47. The van der Waals surface area contributed by atoms with Crippen molar-refractivity contribution in [3.63, 3.8) is 0 Å². The van der Waals surface area contributed by atoms with Gasteiger partial charge in [-0.3, -0.25) is 9.79 Å². The van der Waals surface area contributed by atoms with E-state index in [1.54, 1.807) is 12.7 Å². The fourth-order valence-corrected chi connectivity index (χ4v) is 7.44. The molecule has 1 aliphatic heterocycles. The number of carbonyl (C=O) groups excluding carboxylic acids is 1. The van der Waals surface area contributed by atoms with E-state index in [4.69, 9.17) is 14.5 Å². The van der Waals surface area contributed by atoms with Gasteiger partial charge < -0.3 is 9.47 Å². The fourth-order valence-electron chi connectivity index (χ4n) is 7.44. The number of ether oxygens (including phenoxy) is 2. The highest BCUT2D eigenvalue weighted by Gasteiger charge is 2.60. The quantitative estimate of drug-likeness (QED) is 0.611. The van der Waals surface area contributed by atoms with Crippen molar-refractivity contribution in [2.75, 3.05) is 13.7 Å². The van der Waals surface area contributed by atoms with E-state index in [0.717, 1.165) is 42.4 Å². The van der Waals surface area contributed by atoms with Gasteiger partial charge in [0.1, 0.15) is 18.1 Å². The summed E-state index contributed by atoms with van der Waals surface area (Å²) in [5, 5.41) is 0. The van der Waals surface area contributed by atoms with Gasteiger partial charge in [-0.15, -0.1) is 0 Å². The lowest BCUT2D eigenvalue weighted by molar-refractivity contribution is -0.0278. The van der Waals surface area contributed by atoms with Crippen LogP contribution in [0.15, 0.2) is 47.5 Å². The van der Waals surface area contributed by atoms with Gasteiger partial charge in [0.2, 0.25) is 5.90 Å². The molecule has 4 aliphatic rings. The molecule has 32 heavy (non-hydrogen) atoms. The number of carbonyl (C=O) groups is 1. The van der Waals surface area contributed by atoms with E-state index in [1.165, 1.54) is 31.2 Å². The van der Waals surface area contributed by atoms with Gasteiger partial charge in [0.15, 0.2) is 0 Å². The van der Waals surface area contributed by atoms with Crippen LogP contribution in [0.1, 0.15) is 65.6 Å². The lowest BCUT2D eigenvalue weighted by atomic mass is 9.55. The third-order valence-corrected chi connectivity index (χ3v) is 9.01. The van der Waals surface area contributed by atoms with Crippen LogP contribution in [-0.4, -0.2) is 31.9 Å². The minimum absolute atomic E-state index is 0.208. The van der Waals surface area contributed by atoms with E-state index in [0.29, 0.717) is 23.3 Å². The molecule has 0 spiro atoms. The Morgan fingerprint density at radius 2 is 2.00 bits per heavy atom. The Kier molecular flexibility index (Phi) is 4.67. The first-order chi connectivity index (χ1) is 15.6. The van der Waals surface area contributed by atoms with E-state index in [-0.39, 0.29) is 11.5 Å². The maximum absolute atomic E-state index is 11.0. The number of aldehydes is 1. The molecule has 0 amide bonds. The summed E-state index contributed by atoms with van der Waals surface area (Å²) in [6.07, 6.45) is 7.22. The van der Waals surface area contributed by atoms with Gasteiger partial charge in [0.25, 0.3) is 0 Å². The number of benzene rings is 2. The number of rotatable bonds is 3. The van der Waals surface area contributed by atoms with E-state index in [2.05, 4.69) is 25.1 Å². The third kappa shape index (κ3) is 2.95. The van der Waals surface area contributed by atoms with E-state index >= 15 is 0 Å². The summed E-state index contributed by atoms with van der Waals surface area (Å²) in [5.74, 6) is 4.35. The normalized spacial score (nSPS) is 34.8. The molecule has 2 fully saturated rings. The average molecular weight is 430 g/mol. The highest BCUT2D eigenvalue weighted by atomic mass is 16.5. The maximum Gasteiger partial charge on any atom is 0.216 e. The second-order valence-electron chi connectivity index (χ2n) is 10.4. The zero-order chi connectivity index (χ0) is 21.9. The van der Waals surface area contributed by atoms with Crippen LogP contribution in [0.2, 0.25) is 0 Å². The van der Waals surface area contributed by atoms with Crippen molar-refractivity contribution in [2.45, 2.75) is 51.0 Å². The topological polar surface area (TPSA) is 47.9 Å². The molecule has 166 valence electrons. The van der Waals surface area contributed by atoms with Crippen LogP contribution in [0.5, 0.6) is 5.75 Å². The van der Waals surface area contributed by atoms with Crippen LogP contribution in [0.3, 0.4) is 0 Å². The number of aliphatic imine (C=N–C) groups is 1. The monoisotopic (exact) mass is 429 g/mol. The number of methoxy groups -OCH3 is 1. The SMILES string of the molecule is COc1ccc2c(c1)CC[C@@H]1[C@@H]2CC[C@@]2(C)[C@H]1C[C@@H]1CN=C(c3ccc(C=O)cc3)O[C@@H]12. The highest BCUT2D eigenvalue weighted by molar-refractivity contribution is 5.95. The van der Waals surface area contributed by atoms with Gasteiger partial charge in [0.05, 0.1) is 7.11 Å². The summed E-state index contributed by atoms with van der Waals surface area (Å²) in [5.41, 5.74) is 4.93. The Balaban J connectivity index is 1.26. The first kappa shape index (κ1) is 20.0. The van der Waals surface area contributed by atoms with Crippen LogP contribution < -0.4 is 4.74 Å². The Morgan fingerprint density at radius 3 is 2.78 bits per heavy atom. The van der Waals surface area contributed by atoms with Crippen molar-refractivity contribution in [2.24, 2.45) is 28.2 Å². The molecule has 2 saturated carbocycles. The molecule has 4 heteroatoms. The van der Waals surface area contributed by atoms with Crippen LogP contribution >= 0.6 is 0 Å². The Hall–Kier alpha value is -2.62. The molecule has 0 unspecified atom stereocenters. The molecule has 0 N–H and O–H groups in total. The molecule has 0 bridgehead atoms. The van der Waals surface area contributed by atoms with Crippen molar-refractivity contribution < 1.29 is 14.3 Å². The molecule has 0 aromatic heterocycles. The van der Waals surface area contributed by atoms with Gasteiger partial charge >= 0.3 is 0 Å². The minimum Gasteiger partial charge on any atom is -0.497 e. The summed E-state index contributed by atoms with van der Waals surface area (Å²) in [4.78, 5) is 15.8. The molecule has 2 aromatic rings. The smallest absolute Gasteiger partial charge is 0.216 e. The molecule has 4 nitrogen and oxygen atoms in total. The zero-order valence-corrected chi connectivity index (χ0v) is 18.9. The van der Waals surface area contributed by atoms with E-state index in [9.17, 15) is 4.79 Å². The molecule has 0 saturated heterocycles. The number of hydrogen-bond acceptors (Lipinski definition) is 4. The summed E-state index contributed by atoms with van der Waals surface area (Å²) in [6, 6.07) is 14.3. The third-order valence-electron chi connectivity index (χ3n) is 9.01. The van der Waals surface area contributed by atoms with Gasteiger partial charge in [-0.25, -0.2) is 0 Å².